The Bertz CT molecular complexity index is 755. The minimum atomic E-state index is -0.107. The molecule has 7 nitrogen and oxygen atoms in total. The molecule has 2 aromatic rings. The topological polar surface area (TPSA) is 104 Å². The van der Waals surface area contributed by atoms with Crippen LogP contribution in [0.1, 0.15) is 37.0 Å². The van der Waals surface area contributed by atoms with Crippen molar-refractivity contribution in [2.75, 3.05) is 18.8 Å². The van der Waals surface area contributed by atoms with Gasteiger partial charge in [-0.1, -0.05) is 26.0 Å². The van der Waals surface area contributed by atoms with Crippen molar-refractivity contribution in [2.45, 2.75) is 26.7 Å². The van der Waals surface area contributed by atoms with Gasteiger partial charge in [0.25, 0.3) is 5.91 Å². The molecular formula is C18H23N5O2. The molecule has 3 N–H and O–H groups in total. The molecule has 0 saturated carbocycles. The third kappa shape index (κ3) is 4.76. The summed E-state index contributed by atoms with van der Waals surface area (Å²) >= 11 is 0. The summed E-state index contributed by atoms with van der Waals surface area (Å²) in [5.74, 6) is 0.0788. The molecule has 1 aromatic heterocycles. The number of pyridine rings is 1. The van der Waals surface area contributed by atoms with Gasteiger partial charge in [-0.05, 0) is 37.1 Å². The Morgan fingerprint density at radius 2 is 1.80 bits per heavy atom. The summed E-state index contributed by atoms with van der Waals surface area (Å²) < 4.78 is 0. The second-order valence-corrected chi connectivity index (χ2v) is 5.58. The fourth-order valence-electron chi connectivity index (χ4n) is 2.38. The van der Waals surface area contributed by atoms with Gasteiger partial charge in [-0.25, -0.2) is 4.98 Å². The largest absolute Gasteiger partial charge is 0.504 e. The summed E-state index contributed by atoms with van der Waals surface area (Å²) in [4.78, 5) is 18.6. The number of carbonyl (C=O) groups excluding carboxylic acids is 1. The minimum absolute atomic E-state index is 0.0159. The van der Waals surface area contributed by atoms with Crippen LogP contribution in [0.2, 0.25) is 0 Å². The van der Waals surface area contributed by atoms with Crippen LogP contribution in [0.5, 0.6) is 5.75 Å². The lowest BCUT2D eigenvalue weighted by atomic mass is 10.1. The smallest absolute Gasteiger partial charge is 0.256 e. The summed E-state index contributed by atoms with van der Waals surface area (Å²) in [6.45, 7) is 5.49. The molecule has 0 spiro atoms. The second kappa shape index (κ2) is 8.77. The number of amides is 1. The van der Waals surface area contributed by atoms with E-state index < -0.39 is 0 Å². The third-order valence-corrected chi connectivity index (χ3v) is 3.56. The number of hydrogen-bond acceptors (Lipinski definition) is 6. The Hall–Kier alpha value is -2.96. The lowest BCUT2D eigenvalue weighted by Gasteiger charge is -2.22. The molecule has 0 aliphatic heterocycles. The van der Waals surface area contributed by atoms with Crippen LogP contribution in [-0.4, -0.2) is 34.0 Å². The average molecular weight is 341 g/mol. The van der Waals surface area contributed by atoms with Crippen LogP contribution in [0, 0.1) is 0 Å². The summed E-state index contributed by atoms with van der Waals surface area (Å²) in [6, 6.07) is 9.98. The maximum Gasteiger partial charge on any atom is 0.256 e. The maximum absolute atomic E-state index is 12.8. The highest BCUT2D eigenvalue weighted by atomic mass is 16.3. The molecular weight excluding hydrogens is 318 g/mol. The quantitative estimate of drug-likeness (QED) is 0.741. The molecule has 1 aromatic carbocycles. The molecule has 0 aliphatic rings. The third-order valence-electron chi connectivity index (χ3n) is 3.56. The fourth-order valence-corrected chi connectivity index (χ4v) is 2.38. The van der Waals surface area contributed by atoms with Crippen molar-refractivity contribution < 1.29 is 9.90 Å². The van der Waals surface area contributed by atoms with Crippen LogP contribution in [0.25, 0.3) is 0 Å². The number of anilines is 1. The number of benzene rings is 1. The predicted molar refractivity (Wildman–Crippen MR) is 97.4 cm³/mol. The number of carbonyl (C=O) groups is 1. The normalized spacial score (nSPS) is 11.0. The van der Waals surface area contributed by atoms with Crippen LogP contribution in [0.4, 0.5) is 17.3 Å². The highest BCUT2D eigenvalue weighted by Crippen LogP contribution is 2.25. The van der Waals surface area contributed by atoms with E-state index in [1.54, 1.807) is 24.3 Å². The number of hydrogen-bond donors (Lipinski definition) is 2. The molecule has 0 atom stereocenters. The molecule has 2 rings (SSSR count). The van der Waals surface area contributed by atoms with Crippen molar-refractivity contribution in [3.8, 4) is 5.75 Å². The van der Waals surface area contributed by atoms with Gasteiger partial charge < -0.3 is 15.7 Å². The van der Waals surface area contributed by atoms with E-state index in [4.69, 9.17) is 5.73 Å². The molecule has 1 heterocycles. The molecule has 0 saturated heterocycles. The van der Waals surface area contributed by atoms with Crippen molar-refractivity contribution in [1.29, 1.82) is 0 Å². The number of azo groups is 1. The molecule has 0 fully saturated rings. The molecule has 132 valence electrons. The Morgan fingerprint density at radius 3 is 2.44 bits per heavy atom. The van der Waals surface area contributed by atoms with Crippen molar-refractivity contribution in [1.82, 2.24) is 9.88 Å². The molecule has 0 aliphatic carbocycles. The minimum Gasteiger partial charge on any atom is -0.504 e. The van der Waals surface area contributed by atoms with Gasteiger partial charge in [-0.15, -0.1) is 10.2 Å². The maximum atomic E-state index is 12.8. The first kappa shape index (κ1) is 18.4. The first-order valence-corrected chi connectivity index (χ1v) is 8.32. The molecule has 25 heavy (non-hydrogen) atoms. The average Bonchev–Trinajstić information content (AvgIpc) is 2.62. The second-order valence-electron chi connectivity index (χ2n) is 5.58. The zero-order chi connectivity index (χ0) is 18.2. The highest BCUT2D eigenvalue weighted by molar-refractivity contribution is 5.98. The zero-order valence-corrected chi connectivity index (χ0v) is 14.5. The first-order chi connectivity index (χ1) is 12.1. The van der Waals surface area contributed by atoms with Gasteiger partial charge in [0, 0.05) is 13.1 Å². The Morgan fingerprint density at radius 1 is 1.12 bits per heavy atom. The Labute approximate surface area is 147 Å². The lowest BCUT2D eigenvalue weighted by molar-refractivity contribution is 0.0756. The molecule has 0 unspecified atom stereocenters. The van der Waals surface area contributed by atoms with E-state index in [1.165, 1.54) is 12.1 Å². The standard InChI is InChI=1S/C18H23N5O2/c1-3-11-23(12-4-2)18(25)13-7-5-6-8-14(13)21-22-16-10-9-15(24)17(19)20-16/h5-10,24H,3-4,11-12H2,1-2H3,(H2,19,20). The predicted octanol–water partition coefficient (Wildman–Crippen LogP) is 4.05. The van der Waals surface area contributed by atoms with E-state index in [9.17, 15) is 9.90 Å². The van der Waals surface area contributed by atoms with Crippen LogP contribution in [0.15, 0.2) is 46.6 Å². The van der Waals surface area contributed by atoms with E-state index in [2.05, 4.69) is 15.2 Å². The molecule has 0 bridgehead atoms. The SMILES string of the molecule is CCCN(CCC)C(=O)c1ccccc1N=Nc1ccc(O)c(N)n1. The van der Waals surface area contributed by atoms with Crippen molar-refractivity contribution in [2.24, 2.45) is 10.2 Å². The van der Waals surface area contributed by atoms with Crippen LogP contribution in [-0.2, 0) is 0 Å². The highest BCUT2D eigenvalue weighted by Gasteiger charge is 2.17. The number of aromatic hydroxyl groups is 1. The van der Waals surface area contributed by atoms with Gasteiger partial charge in [0.05, 0.1) is 11.3 Å². The molecule has 0 radical (unpaired) electrons. The van der Waals surface area contributed by atoms with Crippen molar-refractivity contribution in [3.05, 3.63) is 42.0 Å². The number of nitrogen functional groups attached to an aromatic ring is 1. The van der Waals surface area contributed by atoms with E-state index in [1.807, 2.05) is 18.7 Å². The number of nitrogens with zero attached hydrogens (tertiary/aromatic N) is 4. The van der Waals surface area contributed by atoms with Crippen LogP contribution < -0.4 is 5.73 Å². The zero-order valence-electron chi connectivity index (χ0n) is 14.5. The van der Waals surface area contributed by atoms with Gasteiger partial charge in [0.15, 0.2) is 17.4 Å². The van der Waals surface area contributed by atoms with Gasteiger partial charge in [-0.2, -0.15) is 0 Å². The number of rotatable bonds is 7. The monoisotopic (exact) mass is 341 g/mol. The van der Waals surface area contributed by atoms with Gasteiger partial charge >= 0.3 is 0 Å². The Kier molecular flexibility index (Phi) is 6.45. The fraction of sp³-hybridized carbons (Fsp3) is 0.333. The van der Waals surface area contributed by atoms with Crippen molar-refractivity contribution >= 4 is 23.2 Å². The van der Waals surface area contributed by atoms with E-state index >= 15 is 0 Å². The summed E-state index contributed by atoms with van der Waals surface area (Å²) in [5, 5.41) is 17.6. The lowest BCUT2D eigenvalue weighted by Crippen LogP contribution is -2.32. The van der Waals surface area contributed by atoms with Gasteiger partial charge in [-0.3, -0.25) is 4.79 Å². The summed E-state index contributed by atoms with van der Waals surface area (Å²) in [6.07, 6.45) is 1.79. The van der Waals surface area contributed by atoms with Gasteiger partial charge in [0.2, 0.25) is 0 Å². The van der Waals surface area contributed by atoms with E-state index in [0.717, 1.165) is 12.8 Å². The van der Waals surface area contributed by atoms with E-state index in [0.29, 0.717) is 24.3 Å². The van der Waals surface area contributed by atoms with Crippen LogP contribution in [0.3, 0.4) is 0 Å². The molecule has 7 heteroatoms. The van der Waals surface area contributed by atoms with Crippen LogP contribution >= 0.6 is 0 Å². The Balaban J connectivity index is 2.29. The van der Waals surface area contributed by atoms with Gasteiger partial charge in [0.1, 0.15) is 0 Å². The molecule has 1 amide bonds. The summed E-state index contributed by atoms with van der Waals surface area (Å²) in [7, 11) is 0. The number of nitrogens with two attached hydrogens (primary N) is 1. The first-order valence-electron chi connectivity index (χ1n) is 8.32. The number of aromatic nitrogens is 1. The van der Waals surface area contributed by atoms with E-state index in [-0.39, 0.29) is 23.3 Å². The summed E-state index contributed by atoms with van der Waals surface area (Å²) in [5.41, 5.74) is 6.52. The van der Waals surface area contributed by atoms with Crippen molar-refractivity contribution in [3.63, 3.8) is 0 Å².